The molecule has 0 saturated heterocycles. The van der Waals surface area contributed by atoms with Crippen molar-refractivity contribution in [2.45, 2.75) is 13.8 Å². The smallest absolute Gasteiger partial charge is 0.348 e. The number of methoxy groups -OCH3 is 1. The second-order valence-corrected chi connectivity index (χ2v) is 5.69. The predicted octanol–water partition coefficient (Wildman–Crippen LogP) is 2.67. The quantitative estimate of drug-likeness (QED) is 0.835. The maximum absolute atomic E-state index is 12.3. The predicted molar refractivity (Wildman–Crippen MR) is 88.5 cm³/mol. The Morgan fingerprint density at radius 2 is 2.04 bits per heavy atom. The molecule has 0 atom stereocenters. The number of nitrogens with one attached hydrogen (secondary N) is 1. The van der Waals surface area contributed by atoms with Gasteiger partial charge in [0.25, 0.3) is 5.91 Å². The fraction of sp³-hybridized carbons (Fsp3) is 0.250. The average molecular weight is 348 g/mol. The molecule has 126 valence electrons. The largest absolute Gasteiger partial charge is 0.465 e. The number of rotatable bonds is 5. The number of esters is 2. The molecule has 0 fully saturated rings. The summed E-state index contributed by atoms with van der Waals surface area (Å²) >= 11 is 0.968. The molecule has 0 aliphatic rings. The van der Waals surface area contributed by atoms with Gasteiger partial charge in [0, 0.05) is 12.4 Å². The molecule has 2 rings (SSSR count). The van der Waals surface area contributed by atoms with Gasteiger partial charge < -0.3 is 14.8 Å². The number of thiophene rings is 1. The lowest BCUT2D eigenvalue weighted by Crippen LogP contribution is -2.15. The second-order valence-electron chi connectivity index (χ2n) is 4.67. The molecule has 0 aliphatic heterocycles. The van der Waals surface area contributed by atoms with Gasteiger partial charge in [0.15, 0.2) is 0 Å². The van der Waals surface area contributed by atoms with Gasteiger partial charge in [-0.3, -0.25) is 9.78 Å². The summed E-state index contributed by atoms with van der Waals surface area (Å²) in [7, 11) is 1.25. The molecule has 0 spiro atoms. The first kappa shape index (κ1) is 17.6. The molecular formula is C16H16N2O5S. The number of carbonyl (C=O) groups is 3. The molecule has 1 amide bonds. The Bertz CT molecular complexity index is 770. The van der Waals surface area contributed by atoms with Gasteiger partial charge in [-0.25, -0.2) is 9.59 Å². The monoisotopic (exact) mass is 348 g/mol. The standard InChI is InChI=1S/C16H16N2O5S/c1-4-23-15(20)11-9(2)12(16(21)22-3)24-14(11)18-13(19)10-6-5-7-17-8-10/h5-8H,4H2,1-3H3,(H,18,19). The van der Waals surface area contributed by atoms with Crippen LogP contribution in [0.4, 0.5) is 5.00 Å². The van der Waals surface area contributed by atoms with Crippen LogP contribution in [0, 0.1) is 6.92 Å². The van der Waals surface area contributed by atoms with Crippen molar-refractivity contribution in [3.05, 3.63) is 46.1 Å². The Morgan fingerprint density at radius 1 is 1.29 bits per heavy atom. The summed E-state index contributed by atoms with van der Waals surface area (Å²) in [4.78, 5) is 40.5. The Labute approximate surface area is 142 Å². The highest BCUT2D eigenvalue weighted by Gasteiger charge is 2.27. The lowest BCUT2D eigenvalue weighted by molar-refractivity contribution is 0.0527. The van der Waals surface area contributed by atoms with E-state index in [-0.39, 0.29) is 22.0 Å². The number of pyridine rings is 1. The topological polar surface area (TPSA) is 94.6 Å². The van der Waals surface area contributed by atoms with Gasteiger partial charge in [-0.15, -0.1) is 11.3 Å². The van der Waals surface area contributed by atoms with E-state index in [1.807, 2.05) is 0 Å². The summed E-state index contributed by atoms with van der Waals surface area (Å²) in [5.74, 6) is -1.63. The molecule has 0 bridgehead atoms. The van der Waals surface area contributed by atoms with Crippen molar-refractivity contribution in [2.75, 3.05) is 19.0 Å². The number of amides is 1. The highest BCUT2D eigenvalue weighted by molar-refractivity contribution is 7.18. The summed E-state index contributed by atoms with van der Waals surface area (Å²) < 4.78 is 9.73. The number of hydrogen-bond acceptors (Lipinski definition) is 7. The van der Waals surface area contributed by atoms with Crippen LogP contribution in [-0.4, -0.2) is 36.5 Å². The zero-order valence-electron chi connectivity index (χ0n) is 13.4. The summed E-state index contributed by atoms with van der Waals surface area (Å²) in [6, 6.07) is 3.22. The van der Waals surface area contributed by atoms with E-state index in [4.69, 9.17) is 9.47 Å². The molecule has 0 saturated carbocycles. The minimum absolute atomic E-state index is 0.152. The van der Waals surface area contributed by atoms with Crippen LogP contribution < -0.4 is 5.32 Å². The number of hydrogen-bond donors (Lipinski definition) is 1. The van der Waals surface area contributed by atoms with Crippen LogP contribution in [0.15, 0.2) is 24.5 Å². The summed E-state index contributed by atoms with van der Waals surface area (Å²) in [6.45, 7) is 3.46. The van der Waals surface area contributed by atoms with E-state index in [1.165, 1.54) is 13.3 Å². The summed E-state index contributed by atoms with van der Waals surface area (Å²) in [6.07, 6.45) is 2.95. The zero-order chi connectivity index (χ0) is 17.7. The Hall–Kier alpha value is -2.74. The number of aromatic nitrogens is 1. The van der Waals surface area contributed by atoms with Gasteiger partial charge in [0.05, 0.1) is 24.8 Å². The van der Waals surface area contributed by atoms with Crippen LogP contribution in [0.2, 0.25) is 0 Å². The van der Waals surface area contributed by atoms with Crippen LogP contribution in [0.5, 0.6) is 0 Å². The van der Waals surface area contributed by atoms with Gasteiger partial charge in [-0.1, -0.05) is 0 Å². The van der Waals surface area contributed by atoms with Gasteiger partial charge in [0.1, 0.15) is 9.88 Å². The van der Waals surface area contributed by atoms with Crippen molar-refractivity contribution >= 4 is 34.2 Å². The number of ether oxygens (including phenoxy) is 2. The van der Waals surface area contributed by atoms with E-state index in [2.05, 4.69) is 10.3 Å². The van der Waals surface area contributed by atoms with Crippen LogP contribution in [0.1, 0.15) is 42.9 Å². The number of anilines is 1. The number of nitrogens with zero attached hydrogens (tertiary/aromatic N) is 1. The van der Waals surface area contributed by atoms with Gasteiger partial charge in [0.2, 0.25) is 0 Å². The highest BCUT2D eigenvalue weighted by Crippen LogP contribution is 2.34. The Kier molecular flexibility index (Phi) is 5.64. The molecule has 0 radical (unpaired) electrons. The van der Waals surface area contributed by atoms with E-state index < -0.39 is 17.8 Å². The molecule has 7 nitrogen and oxygen atoms in total. The number of carbonyl (C=O) groups excluding carboxylic acids is 3. The van der Waals surface area contributed by atoms with Crippen molar-refractivity contribution in [1.29, 1.82) is 0 Å². The van der Waals surface area contributed by atoms with Crippen molar-refractivity contribution < 1.29 is 23.9 Å². The SMILES string of the molecule is CCOC(=O)c1c(NC(=O)c2cccnc2)sc(C(=O)OC)c1C. The fourth-order valence-corrected chi connectivity index (χ4v) is 3.12. The first-order chi connectivity index (χ1) is 11.5. The normalized spacial score (nSPS) is 10.1. The van der Waals surface area contributed by atoms with E-state index in [9.17, 15) is 14.4 Å². The van der Waals surface area contributed by atoms with E-state index in [1.54, 1.807) is 32.2 Å². The van der Waals surface area contributed by atoms with Crippen molar-refractivity contribution in [2.24, 2.45) is 0 Å². The molecule has 8 heteroatoms. The molecule has 1 N–H and O–H groups in total. The molecule has 0 aromatic carbocycles. The van der Waals surface area contributed by atoms with Crippen LogP contribution in [-0.2, 0) is 9.47 Å². The average Bonchev–Trinajstić information content (AvgIpc) is 2.91. The van der Waals surface area contributed by atoms with E-state index >= 15 is 0 Å². The molecule has 0 aliphatic carbocycles. The highest BCUT2D eigenvalue weighted by atomic mass is 32.1. The maximum atomic E-state index is 12.3. The second kappa shape index (κ2) is 7.69. The minimum atomic E-state index is -0.608. The van der Waals surface area contributed by atoms with Crippen molar-refractivity contribution in [1.82, 2.24) is 4.98 Å². The van der Waals surface area contributed by atoms with Crippen molar-refractivity contribution in [3.8, 4) is 0 Å². The van der Waals surface area contributed by atoms with E-state index in [0.717, 1.165) is 11.3 Å². The molecule has 2 aromatic heterocycles. The molecule has 24 heavy (non-hydrogen) atoms. The summed E-state index contributed by atoms with van der Waals surface area (Å²) in [5.41, 5.74) is 0.893. The molecular weight excluding hydrogens is 332 g/mol. The zero-order valence-corrected chi connectivity index (χ0v) is 14.2. The van der Waals surface area contributed by atoms with E-state index in [0.29, 0.717) is 11.1 Å². The van der Waals surface area contributed by atoms with Gasteiger partial charge in [-0.05, 0) is 31.5 Å². The van der Waals surface area contributed by atoms with Crippen molar-refractivity contribution in [3.63, 3.8) is 0 Å². The fourth-order valence-electron chi connectivity index (χ4n) is 2.01. The lowest BCUT2D eigenvalue weighted by Gasteiger charge is -2.06. The Morgan fingerprint density at radius 3 is 2.62 bits per heavy atom. The van der Waals surface area contributed by atoms with Gasteiger partial charge >= 0.3 is 11.9 Å². The first-order valence-electron chi connectivity index (χ1n) is 7.09. The summed E-state index contributed by atoms with van der Waals surface area (Å²) in [5, 5.41) is 2.87. The minimum Gasteiger partial charge on any atom is -0.465 e. The lowest BCUT2D eigenvalue weighted by atomic mass is 10.1. The first-order valence-corrected chi connectivity index (χ1v) is 7.91. The Balaban J connectivity index is 2.42. The van der Waals surface area contributed by atoms with Crippen LogP contribution in [0.25, 0.3) is 0 Å². The third-order valence-corrected chi connectivity index (χ3v) is 4.34. The molecule has 0 unspecified atom stereocenters. The third-order valence-electron chi connectivity index (χ3n) is 3.15. The van der Waals surface area contributed by atoms with Crippen LogP contribution >= 0.6 is 11.3 Å². The molecule has 2 heterocycles. The van der Waals surface area contributed by atoms with Crippen LogP contribution in [0.3, 0.4) is 0 Å². The third kappa shape index (κ3) is 3.60. The van der Waals surface area contributed by atoms with Gasteiger partial charge in [-0.2, -0.15) is 0 Å². The molecule has 2 aromatic rings. The maximum Gasteiger partial charge on any atom is 0.348 e.